The summed E-state index contributed by atoms with van der Waals surface area (Å²) >= 11 is 9.50. The van der Waals surface area contributed by atoms with Gasteiger partial charge < -0.3 is 10.1 Å². The van der Waals surface area contributed by atoms with Gasteiger partial charge in [0.1, 0.15) is 5.75 Å². The lowest BCUT2D eigenvalue weighted by Gasteiger charge is -2.21. The maximum atomic E-state index is 5.50. The summed E-state index contributed by atoms with van der Waals surface area (Å²) < 4.78 is 8.82. The molecule has 0 aliphatic heterocycles. The van der Waals surface area contributed by atoms with Crippen LogP contribution in [0.4, 0.5) is 0 Å². The number of rotatable bonds is 4. The Morgan fingerprint density at radius 1 is 1.10 bits per heavy atom. The van der Waals surface area contributed by atoms with Crippen molar-refractivity contribution in [3.05, 3.63) is 60.0 Å². The molecule has 0 fully saturated rings. The second-order valence-corrected chi connectivity index (χ2v) is 7.29. The number of benzene rings is 2. The molecule has 20 heavy (non-hydrogen) atoms. The molecule has 2 aromatic carbocycles. The van der Waals surface area contributed by atoms with Gasteiger partial charge in [-0.25, -0.2) is 0 Å². The van der Waals surface area contributed by atoms with Crippen molar-refractivity contribution in [2.45, 2.75) is 6.04 Å². The van der Waals surface area contributed by atoms with E-state index in [0.29, 0.717) is 0 Å². The third-order valence-corrected chi connectivity index (χ3v) is 4.95. The molecule has 1 N–H and O–H groups in total. The van der Waals surface area contributed by atoms with Gasteiger partial charge in [0.2, 0.25) is 0 Å². The quantitative estimate of drug-likeness (QED) is 0.576. The molecule has 0 saturated carbocycles. The van der Waals surface area contributed by atoms with Gasteiger partial charge in [0.25, 0.3) is 0 Å². The van der Waals surface area contributed by atoms with Crippen LogP contribution in [0.2, 0.25) is 0 Å². The normalized spacial score (nSPS) is 12.2. The first-order valence-corrected chi connectivity index (χ1v) is 8.69. The molecule has 0 aliphatic carbocycles. The first-order chi connectivity index (χ1) is 9.56. The van der Waals surface area contributed by atoms with Crippen LogP contribution in [-0.4, -0.2) is 14.2 Å². The summed E-state index contributed by atoms with van der Waals surface area (Å²) in [6.45, 7) is 0. The molecule has 1 atom stereocenters. The predicted octanol–water partition coefficient (Wildman–Crippen LogP) is 5.13. The topological polar surface area (TPSA) is 21.3 Å². The summed E-state index contributed by atoms with van der Waals surface area (Å²) in [6.07, 6.45) is 0. The van der Waals surface area contributed by atoms with Crippen molar-refractivity contribution in [2.24, 2.45) is 0 Å². The number of ether oxygens (including phenoxy) is 1. The zero-order chi connectivity index (χ0) is 14.7. The van der Waals surface area contributed by atoms with Gasteiger partial charge in [-0.05, 0) is 71.6 Å². The molecular weight excluding hydrogens is 497 g/mol. The summed E-state index contributed by atoms with van der Waals surface area (Å²) in [5.74, 6) is 0.873. The Kier molecular flexibility index (Phi) is 5.89. The molecule has 2 nitrogen and oxygen atoms in total. The zero-order valence-corrected chi connectivity index (χ0v) is 16.4. The van der Waals surface area contributed by atoms with Gasteiger partial charge in [0.15, 0.2) is 0 Å². The van der Waals surface area contributed by atoms with E-state index in [9.17, 15) is 0 Å². The molecular formula is C15H14Br2INO. The van der Waals surface area contributed by atoms with Gasteiger partial charge in [-0.3, -0.25) is 0 Å². The van der Waals surface area contributed by atoms with E-state index in [4.69, 9.17) is 4.74 Å². The zero-order valence-electron chi connectivity index (χ0n) is 11.1. The third kappa shape index (κ3) is 3.55. The predicted molar refractivity (Wildman–Crippen MR) is 98.5 cm³/mol. The second kappa shape index (κ2) is 7.24. The highest BCUT2D eigenvalue weighted by molar-refractivity contribution is 14.1. The number of halogens is 3. The Balaban J connectivity index is 2.57. The van der Waals surface area contributed by atoms with Crippen molar-refractivity contribution in [1.29, 1.82) is 0 Å². The van der Waals surface area contributed by atoms with E-state index in [0.717, 1.165) is 20.3 Å². The Bertz CT molecular complexity index is 619. The van der Waals surface area contributed by atoms with Gasteiger partial charge in [0.05, 0.1) is 13.2 Å². The molecule has 0 saturated heterocycles. The van der Waals surface area contributed by atoms with Crippen LogP contribution >= 0.6 is 54.5 Å². The van der Waals surface area contributed by atoms with Crippen LogP contribution in [0.25, 0.3) is 0 Å². The SMILES string of the molecule is CNC(c1cc(I)ccc1Br)c1cc(Br)ccc1OC. The lowest BCUT2D eigenvalue weighted by Crippen LogP contribution is -2.19. The summed E-state index contributed by atoms with van der Waals surface area (Å²) in [6, 6.07) is 12.4. The fourth-order valence-corrected chi connectivity index (χ4v) is 3.51. The van der Waals surface area contributed by atoms with Crippen molar-refractivity contribution >= 4 is 54.5 Å². The van der Waals surface area contributed by atoms with E-state index in [1.165, 1.54) is 9.13 Å². The standard InChI is InChI=1S/C15H14Br2INO/c1-19-15(11-8-10(18)4-5-13(11)17)12-7-9(16)3-6-14(12)20-2/h3-8,15,19H,1-2H3. The fourth-order valence-electron chi connectivity index (χ4n) is 2.15. The van der Waals surface area contributed by atoms with Crippen LogP contribution in [0.5, 0.6) is 5.75 Å². The highest BCUT2D eigenvalue weighted by Crippen LogP contribution is 2.35. The van der Waals surface area contributed by atoms with Crippen LogP contribution in [0.15, 0.2) is 45.3 Å². The monoisotopic (exact) mass is 509 g/mol. The van der Waals surface area contributed by atoms with Crippen LogP contribution < -0.4 is 10.1 Å². The smallest absolute Gasteiger partial charge is 0.124 e. The summed E-state index contributed by atoms with van der Waals surface area (Å²) in [7, 11) is 3.65. The van der Waals surface area contributed by atoms with Gasteiger partial charge in [-0.15, -0.1) is 0 Å². The molecule has 106 valence electrons. The molecule has 0 radical (unpaired) electrons. The number of nitrogens with one attached hydrogen (secondary N) is 1. The summed E-state index contributed by atoms with van der Waals surface area (Å²) in [5, 5.41) is 3.37. The molecule has 0 spiro atoms. The third-order valence-electron chi connectivity index (χ3n) is 3.06. The molecule has 1 unspecified atom stereocenters. The van der Waals surface area contributed by atoms with Crippen LogP contribution in [-0.2, 0) is 0 Å². The maximum Gasteiger partial charge on any atom is 0.124 e. The van der Waals surface area contributed by atoms with Gasteiger partial charge >= 0.3 is 0 Å². The largest absolute Gasteiger partial charge is 0.496 e. The Morgan fingerprint density at radius 3 is 2.50 bits per heavy atom. The van der Waals surface area contributed by atoms with Gasteiger partial charge in [-0.2, -0.15) is 0 Å². The number of hydrogen-bond acceptors (Lipinski definition) is 2. The highest BCUT2D eigenvalue weighted by Gasteiger charge is 2.19. The molecule has 0 aromatic heterocycles. The minimum absolute atomic E-state index is 0.0616. The molecule has 2 rings (SSSR count). The van der Waals surface area contributed by atoms with E-state index in [-0.39, 0.29) is 6.04 Å². The van der Waals surface area contributed by atoms with Crippen LogP contribution in [0.1, 0.15) is 17.2 Å². The maximum absolute atomic E-state index is 5.50. The van der Waals surface area contributed by atoms with E-state index < -0.39 is 0 Å². The highest BCUT2D eigenvalue weighted by atomic mass is 127. The van der Waals surface area contributed by atoms with E-state index in [1.807, 2.05) is 19.2 Å². The van der Waals surface area contributed by atoms with Gasteiger partial charge in [-0.1, -0.05) is 31.9 Å². The molecule has 0 aliphatic rings. The van der Waals surface area contributed by atoms with E-state index >= 15 is 0 Å². The van der Waals surface area contributed by atoms with Crippen LogP contribution in [0, 0.1) is 3.57 Å². The van der Waals surface area contributed by atoms with Gasteiger partial charge in [0, 0.05) is 18.1 Å². The molecule has 5 heteroatoms. The fraction of sp³-hybridized carbons (Fsp3) is 0.200. The lowest BCUT2D eigenvalue weighted by molar-refractivity contribution is 0.405. The molecule has 0 amide bonds. The lowest BCUT2D eigenvalue weighted by atomic mass is 9.98. The Labute approximate surface area is 149 Å². The minimum Gasteiger partial charge on any atom is -0.496 e. The first kappa shape index (κ1) is 16.3. The van der Waals surface area contributed by atoms with Crippen molar-refractivity contribution < 1.29 is 4.74 Å². The number of hydrogen-bond donors (Lipinski definition) is 1. The van der Waals surface area contributed by atoms with Crippen molar-refractivity contribution in [3.8, 4) is 5.75 Å². The molecule has 0 heterocycles. The average molecular weight is 511 g/mol. The summed E-state index contributed by atoms with van der Waals surface area (Å²) in [4.78, 5) is 0. The second-order valence-electron chi connectivity index (χ2n) is 4.27. The van der Waals surface area contributed by atoms with Crippen molar-refractivity contribution in [2.75, 3.05) is 14.2 Å². The Morgan fingerprint density at radius 2 is 1.85 bits per heavy atom. The molecule has 0 bridgehead atoms. The minimum atomic E-state index is 0.0616. The summed E-state index contributed by atoms with van der Waals surface area (Å²) in [5.41, 5.74) is 2.29. The van der Waals surface area contributed by atoms with E-state index in [1.54, 1.807) is 7.11 Å². The average Bonchev–Trinajstić information content (AvgIpc) is 2.44. The first-order valence-electron chi connectivity index (χ1n) is 6.02. The van der Waals surface area contributed by atoms with Crippen molar-refractivity contribution in [1.82, 2.24) is 5.32 Å². The van der Waals surface area contributed by atoms with E-state index in [2.05, 4.69) is 84.0 Å². The number of methoxy groups -OCH3 is 1. The van der Waals surface area contributed by atoms with Crippen molar-refractivity contribution in [3.63, 3.8) is 0 Å². The Hall–Kier alpha value is -0.110. The van der Waals surface area contributed by atoms with Crippen LogP contribution in [0.3, 0.4) is 0 Å². The molecule has 2 aromatic rings.